The van der Waals surface area contributed by atoms with Crippen molar-refractivity contribution in [3.05, 3.63) is 246 Å². The number of aryl methyl sites for hydroxylation is 1. The highest BCUT2D eigenvalue weighted by atomic mass is 15.1. The van der Waals surface area contributed by atoms with Crippen molar-refractivity contribution in [2.75, 3.05) is 4.90 Å². The van der Waals surface area contributed by atoms with Crippen molar-refractivity contribution < 1.29 is 0 Å². The van der Waals surface area contributed by atoms with E-state index >= 15 is 0 Å². The fourth-order valence-electron chi connectivity index (χ4n) is 10.0. The van der Waals surface area contributed by atoms with Crippen LogP contribution in [0, 0.1) is 13.8 Å². The molecule has 2 aliphatic rings. The summed E-state index contributed by atoms with van der Waals surface area (Å²) in [6.07, 6.45) is 0. The molecule has 58 heavy (non-hydrogen) atoms. The Morgan fingerprint density at radius 3 is 1.19 bits per heavy atom. The standard InChI is InChI=1S/C57H41N/c1-38-36-51(50-24-15-23-49-48-22-11-14-27-54(48)57(56(49)50)52-25-12-9-20-46(52)47-21-10-13-26-53(47)57)39(2)55(37-38)58(44-32-28-42(29-33-44)40-16-5-3-6-17-40)45-34-30-43(31-35-45)41-18-7-4-8-19-41/h3-37H,1-2H3. The lowest BCUT2D eigenvalue weighted by atomic mass is 9.68. The molecular formula is C57H41N. The highest BCUT2D eigenvalue weighted by molar-refractivity contribution is 5.99. The second kappa shape index (κ2) is 13.5. The van der Waals surface area contributed by atoms with E-state index in [1.807, 2.05) is 0 Å². The van der Waals surface area contributed by atoms with E-state index in [2.05, 4.69) is 231 Å². The molecule has 0 fully saturated rings. The topological polar surface area (TPSA) is 3.24 Å². The van der Waals surface area contributed by atoms with Gasteiger partial charge in [-0.25, -0.2) is 0 Å². The highest BCUT2D eigenvalue weighted by Crippen LogP contribution is 2.64. The molecule has 1 spiro atoms. The van der Waals surface area contributed by atoms with Crippen LogP contribution in [0.5, 0.6) is 0 Å². The minimum atomic E-state index is -0.438. The Hall–Kier alpha value is -7.22. The zero-order valence-electron chi connectivity index (χ0n) is 32.7. The Morgan fingerprint density at radius 2 is 0.707 bits per heavy atom. The second-order valence-corrected chi connectivity index (χ2v) is 15.7. The number of hydrogen-bond donors (Lipinski definition) is 0. The van der Waals surface area contributed by atoms with E-state index in [1.54, 1.807) is 0 Å². The van der Waals surface area contributed by atoms with E-state index < -0.39 is 5.41 Å². The summed E-state index contributed by atoms with van der Waals surface area (Å²) in [6.45, 7) is 4.56. The van der Waals surface area contributed by atoms with Crippen LogP contribution in [0.3, 0.4) is 0 Å². The van der Waals surface area contributed by atoms with E-state index in [0.29, 0.717) is 0 Å². The lowest BCUT2D eigenvalue weighted by molar-refractivity contribution is 0.795. The van der Waals surface area contributed by atoms with E-state index in [-0.39, 0.29) is 0 Å². The molecule has 0 unspecified atom stereocenters. The van der Waals surface area contributed by atoms with Gasteiger partial charge in [-0.15, -0.1) is 0 Å². The average Bonchev–Trinajstić information content (AvgIpc) is 3.76. The van der Waals surface area contributed by atoms with Gasteiger partial charge >= 0.3 is 0 Å². The smallest absolute Gasteiger partial charge is 0.0731 e. The third-order valence-electron chi connectivity index (χ3n) is 12.5. The molecule has 0 atom stereocenters. The molecule has 0 saturated carbocycles. The number of hydrogen-bond acceptors (Lipinski definition) is 1. The number of nitrogens with zero attached hydrogens (tertiary/aromatic N) is 1. The maximum Gasteiger partial charge on any atom is 0.0731 e. The van der Waals surface area contributed by atoms with E-state index in [4.69, 9.17) is 0 Å². The van der Waals surface area contributed by atoms with Crippen molar-refractivity contribution in [3.8, 4) is 55.6 Å². The van der Waals surface area contributed by atoms with Crippen molar-refractivity contribution in [3.63, 3.8) is 0 Å². The van der Waals surface area contributed by atoms with E-state index in [1.165, 1.54) is 94.7 Å². The van der Waals surface area contributed by atoms with Crippen LogP contribution in [0.4, 0.5) is 17.1 Å². The predicted octanol–water partition coefficient (Wildman–Crippen LogP) is 15.1. The molecule has 1 nitrogen and oxygen atoms in total. The third kappa shape index (κ3) is 5.10. The predicted molar refractivity (Wildman–Crippen MR) is 243 cm³/mol. The van der Waals surface area contributed by atoms with Crippen molar-refractivity contribution in [1.29, 1.82) is 0 Å². The monoisotopic (exact) mass is 739 g/mol. The molecule has 0 radical (unpaired) electrons. The summed E-state index contributed by atoms with van der Waals surface area (Å²) in [5.74, 6) is 0. The number of benzene rings is 9. The van der Waals surface area contributed by atoms with Crippen LogP contribution in [0.25, 0.3) is 55.6 Å². The fourth-order valence-corrected chi connectivity index (χ4v) is 10.0. The van der Waals surface area contributed by atoms with Crippen LogP contribution in [-0.4, -0.2) is 0 Å². The first-order valence-electron chi connectivity index (χ1n) is 20.3. The van der Waals surface area contributed by atoms with Gasteiger partial charge in [0, 0.05) is 17.1 Å². The van der Waals surface area contributed by atoms with Gasteiger partial charge in [0.25, 0.3) is 0 Å². The molecule has 0 heterocycles. The lowest BCUT2D eigenvalue weighted by Gasteiger charge is -2.33. The van der Waals surface area contributed by atoms with Gasteiger partial charge in [0.15, 0.2) is 0 Å². The van der Waals surface area contributed by atoms with Crippen LogP contribution in [0.15, 0.2) is 212 Å². The molecule has 0 saturated heterocycles. The summed E-state index contributed by atoms with van der Waals surface area (Å²) < 4.78 is 0. The van der Waals surface area contributed by atoms with E-state index in [9.17, 15) is 0 Å². The zero-order chi connectivity index (χ0) is 38.8. The Kier molecular flexibility index (Phi) is 7.91. The molecule has 1 heteroatoms. The van der Waals surface area contributed by atoms with Crippen LogP contribution < -0.4 is 4.90 Å². The Morgan fingerprint density at radius 1 is 0.328 bits per heavy atom. The highest BCUT2D eigenvalue weighted by Gasteiger charge is 2.52. The molecular weight excluding hydrogens is 699 g/mol. The largest absolute Gasteiger partial charge is 0.310 e. The normalized spacial score (nSPS) is 12.8. The number of rotatable bonds is 6. The molecule has 0 aliphatic heterocycles. The fraction of sp³-hybridized carbons (Fsp3) is 0.0526. The molecule has 9 aromatic carbocycles. The Balaban J connectivity index is 1.14. The Labute approximate surface area is 341 Å². The SMILES string of the molecule is Cc1cc(-c2cccc3c2C2(c4ccccc4-c4ccccc42)c2ccccc2-3)c(C)c(N(c2ccc(-c3ccccc3)cc2)c2ccc(-c3ccccc3)cc2)c1. The van der Waals surface area contributed by atoms with Gasteiger partial charge in [-0.2, -0.15) is 0 Å². The van der Waals surface area contributed by atoms with Gasteiger partial charge in [-0.3, -0.25) is 0 Å². The molecule has 11 rings (SSSR count). The first-order chi connectivity index (χ1) is 28.6. The van der Waals surface area contributed by atoms with Crippen LogP contribution in [-0.2, 0) is 5.41 Å². The minimum Gasteiger partial charge on any atom is -0.310 e. The van der Waals surface area contributed by atoms with Gasteiger partial charge in [0.1, 0.15) is 0 Å². The lowest BCUT2D eigenvalue weighted by Crippen LogP contribution is -2.26. The summed E-state index contributed by atoms with van der Waals surface area (Å²) in [7, 11) is 0. The van der Waals surface area contributed by atoms with Crippen molar-refractivity contribution in [1.82, 2.24) is 0 Å². The summed E-state index contributed by atoms with van der Waals surface area (Å²) in [5.41, 5.74) is 23.5. The summed E-state index contributed by atoms with van der Waals surface area (Å²) in [4.78, 5) is 2.45. The molecule has 0 aromatic heterocycles. The van der Waals surface area contributed by atoms with Crippen molar-refractivity contribution >= 4 is 17.1 Å². The second-order valence-electron chi connectivity index (χ2n) is 15.7. The van der Waals surface area contributed by atoms with Crippen molar-refractivity contribution in [2.24, 2.45) is 0 Å². The van der Waals surface area contributed by atoms with Crippen LogP contribution >= 0.6 is 0 Å². The van der Waals surface area contributed by atoms with E-state index in [0.717, 1.165) is 11.4 Å². The molecule has 9 aromatic rings. The number of anilines is 3. The minimum absolute atomic E-state index is 0.438. The zero-order valence-corrected chi connectivity index (χ0v) is 32.7. The maximum atomic E-state index is 2.45. The first-order valence-corrected chi connectivity index (χ1v) is 20.3. The molecule has 0 N–H and O–H groups in total. The maximum absolute atomic E-state index is 2.45. The quantitative estimate of drug-likeness (QED) is 0.164. The van der Waals surface area contributed by atoms with Crippen LogP contribution in [0.2, 0.25) is 0 Å². The Bertz CT molecular complexity index is 2850. The molecule has 0 amide bonds. The van der Waals surface area contributed by atoms with Crippen molar-refractivity contribution in [2.45, 2.75) is 19.3 Å². The van der Waals surface area contributed by atoms with Gasteiger partial charge in [-0.05, 0) is 133 Å². The van der Waals surface area contributed by atoms with Crippen LogP contribution in [0.1, 0.15) is 33.4 Å². The average molecular weight is 740 g/mol. The molecule has 274 valence electrons. The molecule has 0 bridgehead atoms. The van der Waals surface area contributed by atoms with Gasteiger partial charge in [-0.1, -0.05) is 182 Å². The molecule has 2 aliphatic carbocycles. The first kappa shape index (κ1) is 34.1. The third-order valence-corrected chi connectivity index (χ3v) is 12.5. The summed E-state index contributed by atoms with van der Waals surface area (Å²) in [6, 6.07) is 78.4. The van der Waals surface area contributed by atoms with Gasteiger partial charge < -0.3 is 4.90 Å². The van der Waals surface area contributed by atoms with Gasteiger partial charge in [0.2, 0.25) is 0 Å². The summed E-state index contributed by atoms with van der Waals surface area (Å²) in [5, 5.41) is 0. The number of fused-ring (bicyclic) bond motifs is 10. The summed E-state index contributed by atoms with van der Waals surface area (Å²) >= 11 is 0. The van der Waals surface area contributed by atoms with Gasteiger partial charge in [0.05, 0.1) is 5.41 Å².